The summed E-state index contributed by atoms with van der Waals surface area (Å²) in [6.07, 6.45) is -0.535. The third-order valence-electron chi connectivity index (χ3n) is 2.94. The molecule has 0 aliphatic rings. The molecule has 0 spiro atoms. The van der Waals surface area contributed by atoms with Crippen LogP contribution in [0.2, 0.25) is 0 Å². The maximum absolute atomic E-state index is 12.3. The second-order valence-electron chi connectivity index (χ2n) is 4.96. The molecule has 7 heteroatoms. The third kappa shape index (κ3) is 4.95. The highest BCUT2D eigenvalue weighted by Gasteiger charge is 2.18. The smallest absolute Gasteiger partial charge is 0.339 e. The first-order chi connectivity index (χ1) is 10.8. The molecule has 2 aromatic carbocycles. The van der Waals surface area contributed by atoms with Gasteiger partial charge in [0.05, 0.1) is 0 Å². The second-order valence-corrected chi connectivity index (χ2v) is 7.42. The first-order valence-corrected chi connectivity index (χ1v) is 9.17. The van der Waals surface area contributed by atoms with Crippen LogP contribution in [0, 0.1) is 6.92 Å². The number of rotatable bonds is 6. The molecule has 1 atom stereocenters. The van der Waals surface area contributed by atoms with E-state index in [4.69, 9.17) is 8.92 Å². The lowest BCUT2D eigenvalue weighted by Gasteiger charge is -2.14. The van der Waals surface area contributed by atoms with Crippen LogP contribution in [0.15, 0.2) is 51.8 Å². The number of aliphatic hydroxyl groups is 1. The van der Waals surface area contributed by atoms with E-state index < -0.39 is 16.4 Å². The first-order valence-electron chi connectivity index (χ1n) is 6.96. The molecule has 0 fully saturated rings. The quantitative estimate of drug-likeness (QED) is 0.591. The van der Waals surface area contributed by atoms with Crippen molar-refractivity contribution < 1.29 is 22.4 Å². The molecule has 2 rings (SSSR count). The van der Waals surface area contributed by atoms with Gasteiger partial charge >= 0.3 is 10.1 Å². The van der Waals surface area contributed by atoms with E-state index in [1.807, 2.05) is 0 Å². The fraction of sp³-hybridized carbons (Fsp3) is 0.250. The highest BCUT2D eigenvalue weighted by molar-refractivity contribution is 9.10. The Morgan fingerprint density at radius 1 is 1.17 bits per heavy atom. The minimum absolute atomic E-state index is 0.0458. The largest absolute Gasteiger partial charge is 0.465 e. The van der Waals surface area contributed by atoms with E-state index in [1.54, 1.807) is 38.1 Å². The maximum Gasteiger partial charge on any atom is 0.339 e. The Labute approximate surface area is 144 Å². The summed E-state index contributed by atoms with van der Waals surface area (Å²) in [6.45, 7) is 3.55. The number of hydrogen-bond donors (Lipinski definition) is 1. The summed E-state index contributed by atoms with van der Waals surface area (Å²) in [5.74, 6) is 0.474. The van der Waals surface area contributed by atoms with Crippen molar-refractivity contribution in [3.8, 4) is 11.5 Å². The van der Waals surface area contributed by atoms with Gasteiger partial charge in [-0.25, -0.2) is 0 Å². The Morgan fingerprint density at radius 2 is 1.87 bits per heavy atom. The molecule has 0 heterocycles. The molecule has 0 saturated heterocycles. The van der Waals surface area contributed by atoms with E-state index in [1.165, 1.54) is 18.2 Å². The molecule has 0 bridgehead atoms. The molecular formula is C16H17BrO5S. The van der Waals surface area contributed by atoms with E-state index in [9.17, 15) is 13.5 Å². The minimum Gasteiger partial charge on any atom is -0.465 e. The standard InChI is InChI=1S/C16H17BrO5S/c1-3-16(18)21-13-7-11(2)8-14(10-13)22-23(19,20)15-6-4-5-12(17)9-15/h4-10,16,18H,3H2,1-2H3. The third-order valence-corrected chi connectivity index (χ3v) is 4.67. The fourth-order valence-electron chi connectivity index (χ4n) is 1.87. The monoisotopic (exact) mass is 400 g/mol. The van der Waals surface area contributed by atoms with Crippen molar-refractivity contribution >= 4 is 26.0 Å². The molecule has 1 N–H and O–H groups in total. The number of benzene rings is 2. The zero-order valence-corrected chi connectivity index (χ0v) is 15.1. The first kappa shape index (κ1) is 17.8. The molecule has 0 amide bonds. The SMILES string of the molecule is CCC(O)Oc1cc(C)cc(OS(=O)(=O)c2cccc(Br)c2)c1. The number of aryl methyl sites for hydroxylation is 1. The van der Waals surface area contributed by atoms with Crippen LogP contribution in [0.25, 0.3) is 0 Å². The van der Waals surface area contributed by atoms with Crippen molar-refractivity contribution in [2.75, 3.05) is 0 Å². The molecule has 0 radical (unpaired) electrons. The van der Waals surface area contributed by atoms with Crippen molar-refractivity contribution in [2.45, 2.75) is 31.5 Å². The molecule has 23 heavy (non-hydrogen) atoms. The van der Waals surface area contributed by atoms with Crippen molar-refractivity contribution in [1.29, 1.82) is 0 Å². The Balaban J connectivity index is 2.28. The molecule has 0 aromatic heterocycles. The molecule has 5 nitrogen and oxygen atoms in total. The van der Waals surface area contributed by atoms with Crippen LogP contribution < -0.4 is 8.92 Å². The summed E-state index contributed by atoms with van der Waals surface area (Å²) in [5, 5.41) is 9.55. The van der Waals surface area contributed by atoms with Crippen molar-refractivity contribution in [2.24, 2.45) is 0 Å². The average molecular weight is 401 g/mol. The van der Waals surface area contributed by atoms with Gasteiger partial charge in [0.25, 0.3) is 0 Å². The lowest BCUT2D eigenvalue weighted by atomic mass is 10.2. The molecular weight excluding hydrogens is 384 g/mol. The summed E-state index contributed by atoms with van der Waals surface area (Å²) in [6, 6.07) is 11.0. The topological polar surface area (TPSA) is 72.8 Å². The predicted octanol–water partition coefficient (Wildman–Crippen LogP) is 3.63. The second kappa shape index (κ2) is 7.33. The number of hydrogen-bond acceptors (Lipinski definition) is 5. The van der Waals surface area contributed by atoms with E-state index in [-0.39, 0.29) is 10.6 Å². The summed E-state index contributed by atoms with van der Waals surface area (Å²) in [4.78, 5) is 0.0458. The van der Waals surface area contributed by atoms with E-state index in [0.717, 1.165) is 5.56 Å². The van der Waals surface area contributed by atoms with E-state index in [0.29, 0.717) is 16.6 Å². The lowest BCUT2D eigenvalue weighted by molar-refractivity contribution is -0.0192. The van der Waals surface area contributed by atoms with E-state index in [2.05, 4.69) is 15.9 Å². The summed E-state index contributed by atoms with van der Waals surface area (Å²) < 4.78 is 35.8. The van der Waals surface area contributed by atoms with Gasteiger partial charge < -0.3 is 14.0 Å². The predicted molar refractivity (Wildman–Crippen MR) is 90.1 cm³/mol. The zero-order valence-electron chi connectivity index (χ0n) is 12.7. The zero-order chi connectivity index (χ0) is 17.0. The van der Waals surface area contributed by atoms with Crippen molar-refractivity contribution in [1.82, 2.24) is 0 Å². The van der Waals surface area contributed by atoms with E-state index >= 15 is 0 Å². The molecule has 0 aliphatic carbocycles. The fourth-order valence-corrected chi connectivity index (χ4v) is 3.38. The number of aliphatic hydroxyl groups excluding tert-OH is 1. The highest BCUT2D eigenvalue weighted by atomic mass is 79.9. The van der Waals surface area contributed by atoms with Crippen LogP contribution in [0.5, 0.6) is 11.5 Å². The Kier molecular flexibility index (Phi) is 5.67. The molecule has 0 aliphatic heterocycles. The molecule has 124 valence electrons. The van der Waals surface area contributed by atoms with Crippen molar-refractivity contribution in [3.05, 3.63) is 52.5 Å². The van der Waals surface area contributed by atoms with Crippen LogP contribution in [0.3, 0.4) is 0 Å². The maximum atomic E-state index is 12.3. The Bertz CT molecular complexity index is 789. The van der Waals surface area contributed by atoms with Gasteiger partial charge in [0.15, 0.2) is 6.29 Å². The van der Waals surface area contributed by atoms with Crippen LogP contribution in [0.4, 0.5) is 0 Å². The highest BCUT2D eigenvalue weighted by Crippen LogP contribution is 2.27. The lowest BCUT2D eigenvalue weighted by Crippen LogP contribution is -2.14. The van der Waals surface area contributed by atoms with Gasteiger partial charge in [0.2, 0.25) is 0 Å². The summed E-state index contributed by atoms with van der Waals surface area (Å²) >= 11 is 3.23. The van der Waals surface area contributed by atoms with Gasteiger partial charge in [-0.05, 0) is 42.8 Å². The van der Waals surface area contributed by atoms with Gasteiger partial charge in [-0.2, -0.15) is 8.42 Å². The molecule has 2 aromatic rings. The van der Waals surface area contributed by atoms with Gasteiger partial charge in [0.1, 0.15) is 16.4 Å². The number of ether oxygens (including phenoxy) is 1. The van der Waals surface area contributed by atoms with Gasteiger partial charge in [-0.1, -0.05) is 28.9 Å². The van der Waals surface area contributed by atoms with Gasteiger partial charge in [-0.3, -0.25) is 0 Å². The Hall–Kier alpha value is -1.57. The Morgan fingerprint density at radius 3 is 2.52 bits per heavy atom. The minimum atomic E-state index is -3.95. The van der Waals surface area contributed by atoms with Crippen LogP contribution >= 0.6 is 15.9 Å². The van der Waals surface area contributed by atoms with Gasteiger partial charge in [0, 0.05) is 17.0 Å². The number of halogens is 1. The average Bonchev–Trinajstić information content (AvgIpc) is 2.46. The molecule has 0 saturated carbocycles. The van der Waals surface area contributed by atoms with Gasteiger partial charge in [-0.15, -0.1) is 0 Å². The summed E-state index contributed by atoms with van der Waals surface area (Å²) in [7, 11) is -3.95. The van der Waals surface area contributed by atoms with Crippen LogP contribution in [-0.4, -0.2) is 19.8 Å². The normalized spacial score (nSPS) is 12.7. The summed E-state index contributed by atoms with van der Waals surface area (Å²) in [5.41, 5.74) is 0.755. The van der Waals surface area contributed by atoms with Crippen LogP contribution in [-0.2, 0) is 10.1 Å². The molecule has 1 unspecified atom stereocenters. The van der Waals surface area contributed by atoms with Crippen molar-refractivity contribution in [3.63, 3.8) is 0 Å². The van der Waals surface area contributed by atoms with Crippen LogP contribution in [0.1, 0.15) is 18.9 Å².